The highest BCUT2D eigenvalue weighted by Gasteiger charge is 2.44. The average Bonchev–Trinajstić information content (AvgIpc) is 2.25. The fraction of sp³-hybridized carbons (Fsp3) is 1.00. The third-order valence-electron chi connectivity index (χ3n) is 2.25. The van der Waals surface area contributed by atoms with Crippen LogP contribution in [-0.2, 0) is 18.6 Å². The molecule has 1 aliphatic heterocycles. The van der Waals surface area contributed by atoms with Gasteiger partial charge in [-0.1, -0.05) is 0 Å². The van der Waals surface area contributed by atoms with Crippen molar-refractivity contribution >= 4 is 8.25 Å². The van der Waals surface area contributed by atoms with Crippen molar-refractivity contribution in [3.8, 4) is 0 Å². The van der Waals surface area contributed by atoms with Crippen LogP contribution >= 0.6 is 8.25 Å². The number of rotatable bonds is 4. The fourth-order valence-corrected chi connectivity index (χ4v) is 1.65. The molecule has 9 heteroatoms. The van der Waals surface area contributed by atoms with Crippen LogP contribution in [0, 0.1) is 0 Å². The van der Waals surface area contributed by atoms with Gasteiger partial charge in [-0.05, 0) is 4.57 Å². The largest absolute Gasteiger partial charge is 0.566 e. The molecule has 0 saturated carbocycles. The van der Waals surface area contributed by atoms with E-state index in [9.17, 15) is 24.8 Å². The van der Waals surface area contributed by atoms with Crippen molar-refractivity contribution in [2.45, 2.75) is 30.7 Å². The van der Waals surface area contributed by atoms with Crippen molar-refractivity contribution in [1.82, 2.24) is 0 Å². The van der Waals surface area contributed by atoms with Crippen molar-refractivity contribution in [3.63, 3.8) is 0 Å². The van der Waals surface area contributed by atoms with Crippen molar-refractivity contribution < 1.29 is 38.8 Å². The van der Waals surface area contributed by atoms with E-state index in [0.29, 0.717) is 0 Å². The maximum atomic E-state index is 10.2. The lowest BCUT2D eigenvalue weighted by molar-refractivity contribution is -0.295. The second-order valence-electron chi connectivity index (χ2n) is 3.27. The van der Waals surface area contributed by atoms with Gasteiger partial charge in [0.15, 0.2) is 6.29 Å². The molecule has 94 valence electrons. The first kappa shape index (κ1) is 13.9. The number of aliphatic hydroxyl groups excluding tert-OH is 3. The van der Waals surface area contributed by atoms with Crippen LogP contribution in [0.4, 0.5) is 0 Å². The summed E-state index contributed by atoms with van der Waals surface area (Å²) >= 11 is 0. The summed E-state index contributed by atoms with van der Waals surface area (Å²) < 4.78 is 24.1. The van der Waals surface area contributed by atoms with E-state index < -0.39 is 45.6 Å². The smallest absolute Gasteiger partial charge is 0.488 e. The summed E-state index contributed by atoms with van der Waals surface area (Å²) in [5, 5.41) is 28.3. The van der Waals surface area contributed by atoms with Crippen LogP contribution < -0.4 is 4.89 Å². The molecule has 1 saturated heterocycles. The molecular formula is C7H13O8P. The Kier molecular flexibility index (Phi) is 5.16. The van der Waals surface area contributed by atoms with E-state index in [1.54, 1.807) is 0 Å². The zero-order chi connectivity index (χ0) is 12.3. The molecule has 0 aromatic heterocycles. The predicted octanol–water partition coefficient (Wildman–Crippen LogP) is -2.53. The quantitative estimate of drug-likeness (QED) is 0.470. The second kappa shape index (κ2) is 5.95. The molecular weight excluding hydrogens is 243 g/mol. The molecule has 3 unspecified atom stereocenters. The summed E-state index contributed by atoms with van der Waals surface area (Å²) in [6.45, 7) is -0.455. The van der Waals surface area contributed by atoms with E-state index in [-0.39, 0.29) is 0 Å². The molecule has 0 aromatic rings. The Balaban J connectivity index is 2.60. The van der Waals surface area contributed by atoms with Crippen LogP contribution in [0.15, 0.2) is 0 Å². The number of aliphatic hydroxyl groups is 3. The molecule has 1 rings (SSSR count). The Morgan fingerprint density at radius 2 is 1.94 bits per heavy atom. The van der Waals surface area contributed by atoms with E-state index in [0.717, 1.165) is 0 Å². The summed E-state index contributed by atoms with van der Waals surface area (Å²) in [6, 6.07) is 0. The molecule has 6 atom stereocenters. The van der Waals surface area contributed by atoms with Gasteiger partial charge in [-0.15, -0.1) is 4.52 Å². The Hall–Kier alpha value is -0.180. The highest BCUT2D eigenvalue weighted by Crippen LogP contribution is 2.23. The summed E-state index contributed by atoms with van der Waals surface area (Å²) in [5.41, 5.74) is 0. The zero-order valence-electron chi connectivity index (χ0n) is 8.42. The van der Waals surface area contributed by atoms with Crippen molar-refractivity contribution in [2.24, 2.45) is 0 Å². The zero-order valence-corrected chi connectivity index (χ0v) is 9.32. The molecule has 0 aromatic carbocycles. The van der Waals surface area contributed by atoms with E-state index >= 15 is 0 Å². The lowest BCUT2D eigenvalue weighted by atomic mass is 9.99. The Bertz CT molecular complexity index is 247. The highest BCUT2D eigenvalue weighted by molar-refractivity contribution is 7.30. The minimum atomic E-state index is -3.06. The monoisotopic (exact) mass is 256 g/mol. The molecule has 16 heavy (non-hydrogen) atoms. The Morgan fingerprint density at radius 3 is 2.44 bits per heavy atom. The van der Waals surface area contributed by atoms with Gasteiger partial charge in [-0.2, -0.15) is 0 Å². The number of hydrogen-bond donors (Lipinski definition) is 3. The first-order valence-corrected chi connectivity index (χ1v) is 5.56. The van der Waals surface area contributed by atoms with Gasteiger partial charge in [0.25, 0.3) is 0 Å². The van der Waals surface area contributed by atoms with Gasteiger partial charge >= 0.3 is 8.25 Å². The SMILES string of the molecule is CO[C@H]1OC(CO[P+](=O)[O-])[C@@H](O)[C@H](O)C1O. The lowest BCUT2D eigenvalue weighted by Crippen LogP contribution is -2.59. The first-order chi connectivity index (χ1) is 7.47. The summed E-state index contributed by atoms with van der Waals surface area (Å²) in [6.07, 6.45) is -6.57. The van der Waals surface area contributed by atoms with Gasteiger partial charge in [0.05, 0.1) is 0 Å². The minimum absolute atomic E-state index is 0.455. The minimum Gasteiger partial charge on any atom is -0.566 e. The molecule has 8 nitrogen and oxygen atoms in total. The van der Waals surface area contributed by atoms with Crippen LogP contribution in [0.1, 0.15) is 0 Å². The Labute approximate surface area is 92.3 Å². The first-order valence-electron chi connectivity index (χ1n) is 4.47. The Morgan fingerprint density at radius 1 is 1.31 bits per heavy atom. The van der Waals surface area contributed by atoms with E-state index in [4.69, 9.17) is 9.47 Å². The third kappa shape index (κ3) is 3.16. The fourth-order valence-electron chi connectivity index (χ4n) is 1.38. The molecule has 3 N–H and O–H groups in total. The van der Waals surface area contributed by atoms with Crippen molar-refractivity contribution in [2.75, 3.05) is 13.7 Å². The van der Waals surface area contributed by atoms with Crippen molar-refractivity contribution in [1.29, 1.82) is 0 Å². The maximum absolute atomic E-state index is 10.2. The number of ether oxygens (including phenoxy) is 2. The van der Waals surface area contributed by atoms with Gasteiger partial charge in [0, 0.05) is 7.11 Å². The number of methoxy groups -OCH3 is 1. The third-order valence-corrected chi connectivity index (χ3v) is 2.60. The van der Waals surface area contributed by atoms with Gasteiger partial charge in [-0.25, -0.2) is 0 Å². The van der Waals surface area contributed by atoms with Gasteiger partial charge in [0.2, 0.25) is 0 Å². The molecule has 0 aliphatic carbocycles. The molecule has 1 aliphatic rings. The molecule has 0 spiro atoms. The molecule has 0 bridgehead atoms. The van der Waals surface area contributed by atoms with Gasteiger partial charge < -0.3 is 29.7 Å². The molecule has 1 heterocycles. The summed E-state index contributed by atoms with van der Waals surface area (Å²) in [5.74, 6) is 0. The number of hydrogen-bond acceptors (Lipinski definition) is 8. The molecule has 0 radical (unpaired) electrons. The second-order valence-corrected chi connectivity index (χ2v) is 3.98. The molecule has 1 fully saturated rings. The molecule has 0 amide bonds. The van der Waals surface area contributed by atoms with Crippen LogP contribution in [0.2, 0.25) is 0 Å². The van der Waals surface area contributed by atoms with Crippen LogP contribution in [0.5, 0.6) is 0 Å². The average molecular weight is 256 g/mol. The standard InChI is InChI=1S/C7H13O8P/c1-13-7-6(10)5(9)4(8)3(15-7)2-14-16(11)12/h3-10H,2H2,1H3/t3?,4-,5+,6?,7+/m1/s1. The normalized spacial score (nSPS) is 40.8. The summed E-state index contributed by atoms with van der Waals surface area (Å²) in [4.78, 5) is 10.2. The topological polar surface area (TPSA) is 129 Å². The van der Waals surface area contributed by atoms with E-state index in [2.05, 4.69) is 4.52 Å². The predicted molar refractivity (Wildman–Crippen MR) is 47.2 cm³/mol. The maximum Gasteiger partial charge on any atom is 0.488 e. The lowest BCUT2D eigenvalue weighted by Gasteiger charge is -2.38. The van der Waals surface area contributed by atoms with Crippen LogP contribution in [0.3, 0.4) is 0 Å². The van der Waals surface area contributed by atoms with Crippen molar-refractivity contribution in [3.05, 3.63) is 0 Å². The highest BCUT2D eigenvalue weighted by atomic mass is 31.1. The van der Waals surface area contributed by atoms with Crippen LogP contribution in [0.25, 0.3) is 0 Å². The van der Waals surface area contributed by atoms with Gasteiger partial charge in [0.1, 0.15) is 31.0 Å². The van der Waals surface area contributed by atoms with E-state index in [1.165, 1.54) is 7.11 Å². The van der Waals surface area contributed by atoms with E-state index in [1.807, 2.05) is 0 Å². The summed E-state index contributed by atoms with van der Waals surface area (Å²) in [7, 11) is -1.82. The van der Waals surface area contributed by atoms with Crippen LogP contribution in [-0.4, -0.2) is 59.7 Å². The van der Waals surface area contributed by atoms with Gasteiger partial charge in [-0.3, -0.25) is 0 Å².